The average Bonchev–Trinajstić information content (AvgIpc) is 2.74. The second-order valence-electron chi connectivity index (χ2n) is 4.33. The zero-order valence-corrected chi connectivity index (χ0v) is 12.5. The molecule has 2 rings (SSSR count). The number of benzene rings is 1. The molecule has 0 saturated carbocycles. The smallest absolute Gasteiger partial charge is 0.323 e. The molecule has 2 aromatic rings. The minimum absolute atomic E-state index is 0.127. The monoisotopic (exact) mass is 337 g/mol. The molecule has 6 nitrogen and oxygen atoms in total. The van der Waals surface area contributed by atoms with Gasteiger partial charge < -0.3 is 15.4 Å². The summed E-state index contributed by atoms with van der Waals surface area (Å²) in [5.74, 6) is -0.525. The molecule has 104 valence electrons. The van der Waals surface area contributed by atoms with E-state index in [0.717, 1.165) is 10.0 Å². The number of halogens is 1. The van der Waals surface area contributed by atoms with Gasteiger partial charge in [0.25, 0.3) is 5.91 Å². The number of nitrogens with zero attached hydrogens (tertiary/aromatic N) is 2. The molecule has 0 atom stereocenters. The number of hydrogen-bond acceptors (Lipinski definition) is 3. The predicted octanol–water partition coefficient (Wildman–Crippen LogP) is 3.26. The standard InChI is InChI=1S/C13H12BrN3O3/c1-8-3-4-10(9(14)7-8)15-13(18)11-5-6-12(16(11)2)17(19)20/h3-7H,1-2H3,(H,15,18). The van der Waals surface area contributed by atoms with Crippen LogP contribution in [0.3, 0.4) is 0 Å². The predicted molar refractivity (Wildman–Crippen MR) is 78.9 cm³/mol. The largest absolute Gasteiger partial charge is 0.358 e. The van der Waals surface area contributed by atoms with Crippen molar-refractivity contribution in [2.24, 2.45) is 7.05 Å². The molecule has 0 unspecified atom stereocenters. The number of hydrogen-bond donors (Lipinski definition) is 1. The van der Waals surface area contributed by atoms with E-state index >= 15 is 0 Å². The Hall–Kier alpha value is -2.15. The van der Waals surface area contributed by atoms with E-state index in [1.165, 1.54) is 23.7 Å². The molecule has 0 bridgehead atoms. The summed E-state index contributed by atoms with van der Waals surface area (Å²) in [6, 6.07) is 8.25. The van der Waals surface area contributed by atoms with Gasteiger partial charge in [0.05, 0.1) is 12.7 Å². The van der Waals surface area contributed by atoms with Crippen LogP contribution in [0.5, 0.6) is 0 Å². The number of anilines is 1. The fourth-order valence-electron chi connectivity index (χ4n) is 1.82. The van der Waals surface area contributed by atoms with Crippen molar-refractivity contribution in [3.63, 3.8) is 0 Å². The van der Waals surface area contributed by atoms with Crippen molar-refractivity contribution in [2.75, 3.05) is 5.32 Å². The number of aromatic nitrogens is 1. The summed E-state index contributed by atoms with van der Waals surface area (Å²) in [7, 11) is 1.48. The van der Waals surface area contributed by atoms with E-state index < -0.39 is 10.8 Å². The molecule has 0 aliphatic heterocycles. The van der Waals surface area contributed by atoms with Crippen molar-refractivity contribution >= 4 is 33.3 Å². The molecule has 0 aliphatic carbocycles. The lowest BCUT2D eigenvalue weighted by Gasteiger charge is -2.07. The Morgan fingerprint density at radius 2 is 2.05 bits per heavy atom. The number of carbonyl (C=O) groups is 1. The molecular weight excluding hydrogens is 326 g/mol. The Morgan fingerprint density at radius 1 is 1.35 bits per heavy atom. The van der Waals surface area contributed by atoms with Crippen molar-refractivity contribution in [3.05, 3.63) is 56.2 Å². The topological polar surface area (TPSA) is 77.2 Å². The third-order valence-electron chi connectivity index (χ3n) is 2.89. The molecular formula is C13H12BrN3O3. The van der Waals surface area contributed by atoms with Gasteiger partial charge in [0.1, 0.15) is 0 Å². The number of nitrogens with one attached hydrogen (secondary N) is 1. The highest BCUT2D eigenvalue weighted by atomic mass is 79.9. The van der Waals surface area contributed by atoms with E-state index in [2.05, 4.69) is 21.2 Å². The molecule has 1 amide bonds. The van der Waals surface area contributed by atoms with Crippen LogP contribution >= 0.6 is 15.9 Å². The summed E-state index contributed by atoms with van der Waals surface area (Å²) in [5.41, 5.74) is 1.90. The van der Waals surface area contributed by atoms with Crippen molar-refractivity contribution in [1.29, 1.82) is 0 Å². The first-order chi connectivity index (χ1) is 9.40. The van der Waals surface area contributed by atoms with Crippen molar-refractivity contribution in [1.82, 2.24) is 4.57 Å². The van der Waals surface area contributed by atoms with Gasteiger partial charge in [-0.15, -0.1) is 0 Å². The van der Waals surface area contributed by atoms with Gasteiger partial charge in [-0.3, -0.25) is 4.79 Å². The highest BCUT2D eigenvalue weighted by molar-refractivity contribution is 9.10. The highest BCUT2D eigenvalue weighted by Gasteiger charge is 2.21. The molecule has 20 heavy (non-hydrogen) atoms. The second-order valence-corrected chi connectivity index (χ2v) is 5.18. The number of carbonyl (C=O) groups excluding carboxylic acids is 1. The molecule has 1 aromatic carbocycles. The summed E-state index contributed by atoms with van der Waals surface area (Å²) < 4.78 is 2.01. The highest BCUT2D eigenvalue weighted by Crippen LogP contribution is 2.24. The first-order valence-corrected chi connectivity index (χ1v) is 6.57. The van der Waals surface area contributed by atoms with Gasteiger partial charge >= 0.3 is 5.82 Å². The maximum absolute atomic E-state index is 12.1. The summed E-state index contributed by atoms with van der Waals surface area (Å²) in [5, 5.41) is 13.5. The van der Waals surface area contributed by atoms with Gasteiger partial charge in [0.2, 0.25) is 0 Å². The molecule has 0 fully saturated rings. The number of amides is 1. The van der Waals surface area contributed by atoms with Gasteiger partial charge in [-0.2, -0.15) is 0 Å². The minimum Gasteiger partial charge on any atom is -0.358 e. The van der Waals surface area contributed by atoms with Gasteiger partial charge in [0, 0.05) is 10.5 Å². The maximum atomic E-state index is 12.1. The quantitative estimate of drug-likeness (QED) is 0.689. The Morgan fingerprint density at radius 3 is 2.60 bits per heavy atom. The molecule has 1 N–H and O–H groups in total. The van der Waals surface area contributed by atoms with Crippen LogP contribution in [0.25, 0.3) is 0 Å². The summed E-state index contributed by atoms with van der Waals surface area (Å²) >= 11 is 3.37. The second kappa shape index (κ2) is 5.46. The zero-order chi connectivity index (χ0) is 14.9. The number of aryl methyl sites for hydroxylation is 1. The van der Waals surface area contributed by atoms with Gasteiger partial charge in [-0.25, -0.2) is 4.57 Å². The lowest BCUT2D eigenvalue weighted by atomic mass is 10.2. The summed E-state index contributed by atoms with van der Waals surface area (Å²) in [6.45, 7) is 1.94. The zero-order valence-electron chi connectivity index (χ0n) is 10.9. The summed E-state index contributed by atoms with van der Waals surface area (Å²) in [4.78, 5) is 22.4. The van der Waals surface area contributed by atoms with Crippen molar-refractivity contribution in [3.8, 4) is 0 Å². The van der Waals surface area contributed by atoms with Crippen LogP contribution in [0, 0.1) is 17.0 Å². The first kappa shape index (κ1) is 14.3. The Balaban J connectivity index is 2.26. The summed E-state index contributed by atoms with van der Waals surface area (Å²) in [6.07, 6.45) is 0. The van der Waals surface area contributed by atoms with Gasteiger partial charge in [0.15, 0.2) is 5.69 Å². The van der Waals surface area contributed by atoms with Crippen LogP contribution in [-0.4, -0.2) is 15.4 Å². The third kappa shape index (κ3) is 2.72. The van der Waals surface area contributed by atoms with Crippen LogP contribution in [0.2, 0.25) is 0 Å². The first-order valence-electron chi connectivity index (χ1n) is 5.78. The molecule has 0 aliphatic rings. The van der Waals surface area contributed by atoms with E-state index in [0.29, 0.717) is 5.69 Å². The fraction of sp³-hybridized carbons (Fsp3) is 0.154. The minimum atomic E-state index is -0.529. The lowest BCUT2D eigenvalue weighted by molar-refractivity contribution is -0.391. The number of nitro groups is 1. The van der Waals surface area contributed by atoms with Crippen molar-refractivity contribution in [2.45, 2.75) is 6.92 Å². The van der Waals surface area contributed by atoms with Crippen LogP contribution in [0.4, 0.5) is 11.5 Å². The average molecular weight is 338 g/mol. The molecule has 7 heteroatoms. The Bertz CT molecular complexity index is 694. The van der Waals surface area contributed by atoms with Crippen LogP contribution in [0.15, 0.2) is 34.8 Å². The van der Waals surface area contributed by atoms with Gasteiger partial charge in [-0.05, 0) is 51.5 Å². The third-order valence-corrected chi connectivity index (χ3v) is 3.54. The number of rotatable bonds is 3. The Labute approximate surface area is 123 Å². The lowest BCUT2D eigenvalue weighted by Crippen LogP contribution is -2.16. The van der Waals surface area contributed by atoms with Gasteiger partial charge in [-0.1, -0.05) is 6.07 Å². The van der Waals surface area contributed by atoms with Crippen LogP contribution in [0.1, 0.15) is 16.1 Å². The van der Waals surface area contributed by atoms with Crippen LogP contribution in [-0.2, 0) is 7.05 Å². The van der Waals surface area contributed by atoms with E-state index in [4.69, 9.17) is 0 Å². The van der Waals surface area contributed by atoms with E-state index in [1.54, 1.807) is 6.07 Å². The van der Waals surface area contributed by atoms with Crippen LogP contribution < -0.4 is 5.32 Å². The van der Waals surface area contributed by atoms with E-state index in [-0.39, 0.29) is 11.5 Å². The molecule has 0 spiro atoms. The van der Waals surface area contributed by atoms with E-state index in [1.807, 2.05) is 19.1 Å². The normalized spacial score (nSPS) is 10.3. The van der Waals surface area contributed by atoms with Crippen molar-refractivity contribution < 1.29 is 9.72 Å². The molecule has 0 saturated heterocycles. The van der Waals surface area contributed by atoms with E-state index in [9.17, 15) is 14.9 Å². The SMILES string of the molecule is Cc1ccc(NC(=O)c2ccc([N+](=O)[O-])n2C)c(Br)c1. The molecule has 1 heterocycles. The molecule has 1 aromatic heterocycles. The fourth-order valence-corrected chi connectivity index (χ4v) is 2.41. The maximum Gasteiger partial charge on any atom is 0.323 e. The Kier molecular flexibility index (Phi) is 3.89. The molecule has 0 radical (unpaired) electrons.